The monoisotopic (exact) mass is 254 g/mol. The number of aryl methyl sites for hydroxylation is 2. The largest absolute Gasteiger partial charge is 0.388 e. The van der Waals surface area contributed by atoms with Gasteiger partial charge in [0.15, 0.2) is 0 Å². The van der Waals surface area contributed by atoms with E-state index in [0.717, 1.165) is 23.7 Å². The smallest absolute Gasteiger partial charge is 0.0824 e. The van der Waals surface area contributed by atoms with Crippen LogP contribution >= 0.6 is 0 Å². The predicted molar refractivity (Wildman–Crippen MR) is 74.7 cm³/mol. The second kappa shape index (κ2) is 3.63. The Balaban J connectivity index is 1.42. The van der Waals surface area contributed by atoms with Crippen molar-refractivity contribution in [2.24, 2.45) is 29.6 Å². The minimum Gasteiger partial charge on any atom is -0.388 e. The number of hydrogen-bond acceptors (Lipinski definition) is 1. The number of benzene rings is 1. The molecule has 1 aromatic rings. The lowest BCUT2D eigenvalue weighted by Crippen LogP contribution is -2.08. The van der Waals surface area contributed by atoms with Gasteiger partial charge in [0.25, 0.3) is 0 Å². The van der Waals surface area contributed by atoms with Crippen molar-refractivity contribution in [2.75, 3.05) is 0 Å². The molecule has 0 radical (unpaired) electrons. The standard InChI is InChI=1S/C18H22O/c19-18(14-7-4-10-2-1-3-11(10)8-14)17-15-12-5-6-13(9-12)16(15)17/h4,7-8,12-13,15-19H,1-3,5-6,9H2. The van der Waals surface area contributed by atoms with Crippen molar-refractivity contribution in [3.63, 3.8) is 0 Å². The fourth-order valence-corrected chi connectivity index (χ4v) is 5.81. The van der Waals surface area contributed by atoms with Crippen LogP contribution in [0.3, 0.4) is 0 Å². The van der Waals surface area contributed by atoms with Crippen molar-refractivity contribution in [1.29, 1.82) is 0 Å². The van der Waals surface area contributed by atoms with Crippen molar-refractivity contribution in [2.45, 2.75) is 44.6 Å². The molecule has 4 aliphatic rings. The molecule has 5 atom stereocenters. The van der Waals surface area contributed by atoms with Crippen LogP contribution in [-0.2, 0) is 12.8 Å². The number of aliphatic hydroxyl groups excluding tert-OH is 1. The van der Waals surface area contributed by atoms with E-state index < -0.39 is 0 Å². The van der Waals surface area contributed by atoms with Gasteiger partial charge in [0, 0.05) is 0 Å². The lowest BCUT2D eigenvalue weighted by molar-refractivity contribution is 0.130. The molecule has 1 nitrogen and oxygen atoms in total. The summed E-state index contributed by atoms with van der Waals surface area (Å²) in [6.07, 6.45) is 7.95. The van der Waals surface area contributed by atoms with Gasteiger partial charge in [-0.1, -0.05) is 18.2 Å². The van der Waals surface area contributed by atoms with Crippen LogP contribution in [0.1, 0.15) is 48.5 Å². The third-order valence-electron chi connectivity index (χ3n) is 6.62. The summed E-state index contributed by atoms with van der Waals surface area (Å²) < 4.78 is 0. The molecule has 1 heteroatoms. The van der Waals surface area contributed by atoms with Gasteiger partial charge in [-0.05, 0) is 84.8 Å². The van der Waals surface area contributed by atoms with Crippen LogP contribution in [0.25, 0.3) is 0 Å². The molecule has 0 aromatic heterocycles. The minimum atomic E-state index is -0.177. The first-order valence-electron chi connectivity index (χ1n) is 8.13. The minimum absolute atomic E-state index is 0.177. The van der Waals surface area contributed by atoms with Gasteiger partial charge in [-0.3, -0.25) is 0 Å². The highest BCUT2D eigenvalue weighted by atomic mass is 16.3. The van der Waals surface area contributed by atoms with Crippen molar-refractivity contribution >= 4 is 0 Å². The van der Waals surface area contributed by atoms with E-state index in [1.807, 2.05) is 0 Å². The molecule has 3 saturated carbocycles. The number of rotatable bonds is 2. The topological polar surface area (TPSA) is 20.2 Å². The molecule has 2 bridgehead atoms. The van der Waals surface area contributed by atoms with Gasteiger partial charge >= 0.3 is 0 Å². The predicted octanol–water partition coefficient (Wildman–Crippen LogP) is 3.50. The van der Waals surface area contributed by atoms with E-state index in [9.17, 15) is 5.11 Å². The fourth-order valence-electron chi connectivity index (χ4n) is 5.81. The van der Waals surface area contributed by atoms with Crippen molar-refractivity contribution < 1.29 is 5.11 Å². The Labute approximate surface area is 115 Å². The van der Waals surface area contributed by atoms with Crippen LogP contribution in [0.2, 0.25) is 0 Å². The second-order valence-electron chi connectivity index (χ2n) is 7.39. The highest BCUT2D eigenvalue weighted by molar-refractivity contribution is 5.37. The van der Waals surface area contributed by atoms with Gasteiger partial charge in [0.05, 0.1) is 6.10 Å². The Kier molecular flexibility index (Phi) is 2.09. The highest BCUT2D eigenvalue weighted by Gasteiger charge is 2.66. The Morgan fingerprint density at radius 1 is 1.00 bits per heavy atom. The number of fused-ring (bicyclic) bond motifs is 6. The average Bonchev–Trinajstić information content (AvgIpc) is 2.84. The maximum absolute atomic E-state index is 10.8. The van der Waals surface area contributed by atoms with E-state index >= 15 is 0 Å². The van der Waals surface area contributed by atoms with Gasteiger partial charge in [-0.15, -0.1) is 0 Å². The third-order valence-corrected chi connectivity index (χ3v) is 6.62. The Hall–Kier alpha value is -0.820. The van der Waals surface area contributed by atoms with Gasteiger partial charge < -0.3 is 5.11 Å². The molecule has 0 amide bonds. The summed E-state index contributed by atoms with van der Waals surface area (Å²) >= 11 is 0. The Morgan fingerprint density at radius 3 is 2.53 bits per heavy atom. The average molecular weight is 254 g/mol. The summed E-state index contributed by atoms with van der Waals surface area (Å²) in [5.74, 6) is 4.28. The van der Waals surface area contributed by atoms with Crippen molar-refractivity contribution in [3.05, 3.63) is 34.9 Å². The molecule has 0 saturated heterocycles. The fraction of sp³-hybridized carbons (Fsp3) is 0.667. The van der Waals surface area contributed by atoms with E-state index in [4.69, 9.17) is 0 Å². The summed E-state index contributed by atoms with van der Waals surface area (Å²) in [6, 6.07) is 6.78. The van der Waals surface area contributed by atoms with Crippen LogP contribution < -0.4 is 0 Å². The van der Waals surface area contributed by atoms with Gasteiger partial charge in [0.2, 0.25) is 0 Å². The quantitative estimate of drug-likeness (QED) is 0.856. The zero-order valence-electron chi connectivity index (χ0n) is 11.4. The lowest BCUT2D eigenvalue weighted by Gasteiger charge is -2.16. The molecule has 3 fully saturated rings. The summed E-state index contributed by atoms with van der Waals surface area (Å²) in [5, 5.41) is 10.8. The Morgan fingerprint density at radius 2 is 1.74 bits per heavy atom. The van der Waals surface area contributed by atoms with E-state index in [2.05, 4.69) is 18.2 Å². The highest BCUT2D eigenvalue weighted by Crippen LogP contribution is 2.72. The molecule has 1 aromatic carbocycles. The van der Waals surface area contributed by atoms with Crippen molar-refractivity contribution in [1.82, 2.24) is 0 Å². The molecule has 0 heterocycles. The first-order valence-corrected chi connectivity index (χ1v) is 8.13. The van der Waals surface area contributed by atoms with E-state index in [0.29, 0.717) is 5.92 Å². The molecule has 100 valence electrons. The molecule has 5 rings (SSSR count). The SMILES string of the molecule is OC(c1ccc2c(c1)CCC2)C1C2C3CCC(C3)C21. The summed E-state index contributed by atoms with van der Waals surface area (Å²) in [6.45, 7) is 0. The summed E-state index contributed by atoms with van der Waals surface area (Å²) in [7, 11) is 0. The van der Waals surface area contributed by atoms with Crippen molar-refractivity contribution in [3.8, 4) is 0 Å². The molecule has 4 aliphatic carbocycles. The summed E-state index contributed by atoms with van der Waals surface area (Å²) in [4.78, 5) is 0. The maximum atomic E-state index is 10.8. The van der Waals surface area contributed by atoms with Crippen LogP contribution in [0.5, 0.6) is 0 Å². The van der Waals surface area contributed by atoms with Crippen LogP contribution in [0.15, 0.2) is 18.2 Å². The van der Waals surface area contributed by atoms with Gasteiger partial charge in [-0.2, -0.15) is 0 Å². The molecular weight excluding hydrogens is 232 g/mol. The van der Waals surface area contributed by atoms with Gasteiger partial charge in [0.1, 0.15) is 0 Å². The Bertz CT molecular complexity index is 518. The van der Waals surface area contributed by atoms with Crippen LogP contribution in [-0.4, -0.2) is 5.11 Å². The third kappa shape index (κ3) is 1.40. The molecule has 0 spiro atoms. The van der Waals surface area contributed by atoms with Gasteiger partial charge in [-0.25, -0.2) is 0 Å². The summed E-state index contributed by atoms with van der Waals surface area (Å²) in [5.41, 5.74) is 4.23. The molecule has 19 heavy (non-hydrogen) atoms. The van der Waals surface area contributed by atoms with E-state index in [1.54, 1.807) is 0 Å². The molecular formula is C18H22O. The molecule has 0 aliphatic heterocycles. The zero-order valence-corrected chi connectivity index (χ0v) is 11.4. The second-order valence-corrected chi connectivity index (χ2v) is 7.39. The van der Waals surface area contributed by atoms with E-state index in [1.165, 1.54) is 55.2 Å². The number of aliphatic hydroxyl groups is 1. The first kappa shape index (κ1) is 10.9. The number of hydrogen-bond donors (Lipinski definition) is 1. The van der Waals surface area contributed by atoms with Crippen LogP contribution in [0, 0.1) is 29.6 Å². The molecule has 1 N–H and O–H groups in total. The van der Waals surface area contributed by atoms with Crippen LogP contribution in [0.4, 0.5) is 0 Å². The first-order chi connectivity index (χ1) is 9.33. The zero-order chi connectivity index (χ0) is 12.6. The normalized spacial score (nSPS) is 43.1. The molecule has 5 unspecified atom stereocenters. The maximum Gasteiger partial charge on any atom is 0.0824 e. The van der Waals surface area contributed by atoms with E-state index in [-0.39, 0.29) is 6.10 Å². The lowest BCUT2D eigenvalue weighted by atomic mass is 9.93.